The molecule has 0 unspecified atom stereocenters. The van der Waals surface area contributed by atoms with Crippen LogP contribution in [0.1, 0.15) is 19.3 Å². The van der Waals surface area contributed by atoms with Crippen molar-refractivity contribution in [2.75, 3.05) is 18.8 Å². The molecule has 0 spiro atoms. The highest BCUT2D eigenvalue weighted by Crippen LogP contribution is 2.20. The van der Waals surface area contributed by atoms with Crippen LogP contribution in [0.2, 0.25) is 0 Å². The highest BCUT2D eigenvalue weighted by Gasteiger charge is 2.24. The molecular formula is C18H23N3O3S. The third-order valence-electron chi connectivity index (χ3n) is 4.66. The van der Waals surface area contributed by atoms with Crippen LogP contribution in [0, 0.1) is 5.92 Å². The first-order chi connectivity index (χ1) is 12.0. The summed E-state index contributed by atoms with van der Waals surface area (Å²) in [6.45, 7) is 2.25. The minimum atomic E-state index is -3.40. The summed E-state index contributed by atoms with van der Waals surface area (Å²) >= 11 is 0. The molecule has 0 radical (unpaired) electrons. The number of rotatable bonds is 6. The second kappa shape index (κ2) is 7.82. The molecule has 7 heteroatoms. The smallest absolute Gasteiger partial charge is 0.223 e. The van der Waals surface area contributed by atoms with Gasteiger partial charge in [0.05, 0.1) is 10.6 Å². The Balaban J connectivity index is 1.46. The molecule has 1 fully saturated rings. The van der Waals surface area contributed by atoms with Crippen molar-refractivity contribution >= 4 is 15.7 Å². The molecule has 134 valence electrons. The molecule has 1 aliphatic rings. The predicted octanol–water partition coefficient (Wildman–Crippen LogP) is 1.99. The van der Waals surface area contributed by atoms with Crippen molar-refractivity contribution in [2.24, 2.45) is 5.92 Å². The predicted molar refractivity (Wildman–Crippen MR) is 94.6 cm³/mol. The average molecular weight is 361 g/mol. The largest absolute Gasteiger partial charge is 0.343 e. The lowest BCUT2D eigenvalue weighted by atomic mass is 9.96. The highest BCUT2D eigenvalue weighted by molar-refractivity contribution is 7.91. The van der Waals surface area contributed by atoms with Crippen molar-refractivity contribution in [3.05, 3.63) is 48.8 Å². The zero-order chi connectivity index (χ0) is 17.7. The van der Waals surface area contributed by atoms with Gasteiger partial charge in [-0.15, -0.1) is 0 Å². The molecule has 25 heavy (non-hydrogen) atoms. The van der Waals surface area contributed by atoms with Crippen LogP contribution in [0.3, 0.4) is 0 Å². The van der Waals surface area contributed by atoms with Gasteiger partial charge >= 0.3 is 0 Å². The zero-order valence-electron chi connectivity index (χ0n) is 14.1. The van der Waals surface area contributed by atoms with Crippen LogP contribution in [0.5, 0.6) is 0 Å². The summed E-state index contributed by atoms with van der Waals surface area (Å²) in [5.41, 5.74) is 0. The fourth-order valence-electron chi connectivity index (χ4n) is 3.16. The minimum absolute atomic E-state index is 0.0427. The number of aromatic nitrogens is 2. The third-order valence-corrected chi connectivity index (χ3v) is 6.39. The van der Waals surface area contributed by atoms with Crippen LogP contribution >= 0.6 is 0 Å². The lowest BCUT2D eigenvalue weighted by Crippen LogP contribution is -2.40. The Kier molecular flexibility index (Phi) is 5.53. The minimum Gasteiger partial charge on any atom is -0.343 e. The Bertz CT molecular complexity index is 780. The second-order valence-electron chi connectivity index (χ2n) is 6.43. The van der Waals surface area contributed by atoms with Gasteiger partial charge < -0.3 is 4.90 Å². The molecule has 1 amide bonds. The van der Waals surface area contributed by atoms with Crippen molar-refractivity contribution in [1.82, 2.24) is 14.7 Å². The highest BCUT2D eigenvalue weighted by atomic mass is 32.2. The van der Waals surface area contributed by atoms with Crippen LogP contribution in [0.4, 0.5) is 0 Å². The Hall–Kier alpha value is -2.15. The number of hydrogen-bond donors (Lipinski definition) is 0. The summed E-state index contributed by atoms with van der Waals surface area (Å²) in [5, 5.41) is 4.22. The lowest BCUT2D eigenvalue weighted by Gasteiger charge is -2.32. The van der Waals surface area contributed by atoms with Crippen LogP contribution in [-0.4, -0.2) is 47.8 Å². The normalized spacial score (nSPS) is 16.1. The Labute approximate surface area is 148 Å². The molecule has 0 bridgehead atoms. The van der Waals surface area contributed by atoms with Crippen molar-refractivity contribution in [3.63, 3.8) is 0 Å². The maximum Gasteiger partial charge on any atom is 0.223 e. The van der Waals surface area contributed by atoms with Crippen molar-refractivity contribution in [3.8, 4) is 0 Å². The molecule has 2 aromatic rings. The van der Waals surface area contributed by atoms with E-state index in [0.717, 1.165) is 19.4 Å². The molecule has 1 aromatic heterocycles. The zero-order valence-corrected chi connectivity index (χ0v) is 14.9. The molecule has 0 N–H and O–H groups in total. The van der Waals surface area contributed by atoms with Gasteiger partial charge in [-0.05, 0) is 37.0 Å². The lowest BCUT2D eigenvalue weighted by molar-refractivity contribution is -0.132. The average Bonchev–Trinajstić information content (AvgIpc) is 3.14. The number of hydrogen-bond acceptors (Lipinski definition) is 4. The van der Waals surface area contributed by atoms with Crippen molar-refractivity contribution < 1.29 is 13.2 Å². The molecule has 0 aliphatic carbocycles. The summed E-state index contributed by atoms with van der Waals surface area (Å²) in [5.74, 6) is 0.303. The monoisotopic (exact) mass is 361 g/mol. The molecule has 0 saturated carbocycles. The first kappa shape index (κ1) is 17.7. The van der Waals surface area contributed by atoms with Crippen LogP contribution < -0.4 is 0 Å². The number of benzene rings is 1. The Morgan fingerprint density at radius 3 is 2.48 bits per heavy atom. The van der Waals surface area contributed by atoms with Crippen LogP contribution in [0.25, 0.3) is 0 Å². The maximum atomic E-state index is 12.3. The first-order valence-corrected chi connectivity index (χ1v) is 10.2. The summed E-state index contributed by atoms with van der Waals surface area (Å²) < 4.78 is 26.5. The van der Waals surface area contributed by atoms with Crippen LogP contribution in [0.15, 0.2) is 53.7 Å². The fourth-order valence-corrected chi connectivity index (χ4v) is 4.41. The maximum absolute atomic E-state index is 12.3. The number of carbonyl (C=O) groups is 1. The topological polar surface area (TPSA) is 72.3 Å². The molecule has 6 nitrogen and oxygen atoms in total. The van der Waals surface area contributed by atoms with E-state index in [1.807, 2.05) is 16.9 Å². The van der Waals surface area contributed by atoms with E-state index in [0.29, 0.717) is 19.0 Å². The molecule has 1 saturated heterocycles. The van der Waals surface area contributed by atoms with Gasteiger partial charge in [0.15, 0.2) is 9.84 Å². The Morgan fingerprint density at radius 2 is 1.84 bits per heavy atom. The van der Waals surface area contributed by atoms with Gasteiger partial charge in [0, 0.05) is 38.4 Å². The molecular weight excluding hydrogens is 338 g/mol. The quantitative estimate of drug-likeness (QED) is 0.789. The van der Waals surface area contributed by atoms with E-state index in [-0.39, 0.29) is 23.0 Å². The summed E-state index contributed by atoms with van der Waals surface area (Å²) in [6.07, 6.45) is 5.62. The summed E-state index contributed by atoms with van der Waals surface area (Å²) in [4.78, 5) is 14.4. The standard InChI is InChI=1S/C18H23N3O3S/c22-18(9-14-25(23,24)17-5-2-1-3-6-17)20-12-7-16(8-13-20)15-21-11-4-10-19-21/h1-6,10-11,16H,7-9,12-15H2. The first-order valence-electron chi connectivity index (χ1n) is 8.57. The third kappa shape index (κ3) is 4.69. The summed E-state index contributed by atoms with van der Waals surface area (Å²) in [6, 6.07) is 10.2. The van der Waals surface area contributed by atoms with E-state index >= 15 is 0 Å². The van der Waals surface area contributed by atoms with Crippen molar-refractivity contribution in [2.45, 2.75) is 30.7 Å². The van der Waals surface area contributed by atoms with Gasteiger partial charge in [-0.3, -0.25) is 9.48 Å². The van der Waals surface area contributed by atoms with E-state index in [9.17, 15) is 13.2 Å². The number of likely N-dealkylation sites (tertiary alicyclic amines) is 1. The number of piperidine rings is 1. The molecule has 1 aliphatic heterocycles. The SMILES string of the molecule is O=C(CCS(=O)(=O)c1ccccc1)N1CCC(Cn2cccn2)CC1. The van der Waals surface area contributed by atoms with E-state index in [1.54, 1.807) is 41.4 Å². The molecule has 2 heterocycles. The number of sulfone groups is 1. The van der Waals surface area contributed by atoms with Crippen molar-refractivity contribution in [1.29, 1.82) is 0 Å². The van der Waals surface area contributed by atoms with Gasteiger partial charge in [0.2, 0.25) is 5.91 Å². The van der Waals surface area contributed by atoms with Gasteiger partial charge in [-0.1, -0.05) is 18.2 Å². The van der Waals surface area contributed by atoms with Crippen LogP contribution in [-0.2, 0) is 21.2 Å². The van der Waals surface area contributed by atoms with E-state index in [4.69, 9.17) is 0 Å². The number of carbonyl (C=O) groups excluding carboxylic acids is 1. The van der Waals surface area contributed by atoms with Gasteiger partial charge in [0.25, 0.3) is 0 Å². The van der Waals surface area contributed by atoms with E-state index in [2.05, 4.69) is 5.10 Å². The van der Waals surface area contributed by atoms with E-state index in [1.165, 1.54) is 0 Å². The van der Waals surface area contributed by atoms with Gasteiger partial charge in [0.1, 0.15) is 0 Å². The number of nitrogens with zero attached hydrogens (tertiary/aromatic N) is 3. The van der Waals surface area contributed by atoms with E-state index < -0.39 is 9.84 Å². The Morgan fingerprint density at radius 1 is 1.12 bits per heavy atom. The number of amides is 1. The van der Waals surface area contributed by atoms with Gasteiger partial charge in [-0.25, -0.2) is 8.42 Å². The molecule has 1 aromatic carbocycles. The molecule has 0 atom stereocenters. The second-order valence-corrected chi connectivity index (χ2v) is 8.54. The fraction of sp³-hybridized carbons (Fsp3) is 0.444. The molecule has 3 rings (SSSR count). The van der Waals surface area contributed by atoms with Gasteiger partial charge in [-0.2, -0.15) is 5.10 Å². The summed E-state index contributed by atoms with van der Waals surface area (Å²) in [7, 11) is -3.40.